The van der Waals surface area contributed by atoms with E-state index in [-0.39, 0.29) is 33.9 Å². The first-order valence-corrected chi connectivity index (χ1v) is 12.2. The molecule has 2 atom stereocenters. The van der Waals surface area contributed by atoms with E-state index in [9.17, 15) is 19.1 Å². The summed E-state index contributed by atoms with van der Waals surface area (Å²) in [6, 6.07) is 11.1. The lowest BCUT2D eigenvalue weighted by atomic mass is 9.96. The molecule has 0 bridgehead atoms. The topological polar surface area (TPSA) is 75.0 Å². The van der Waals surface area contributed by atoms with Crippen molar-refractivity contribution in [2.45, 2.75) is 12.2 Å². The molecule has 35 heavy (non-hydrogen) atoms. The predicted octanol–water partition coefficient (Wildman–Crippen LogP) is 1.55. The van der Waals surface area contributed by atoms with Crippen LogP contribution in [0, 0.1) is 11.6 Å². The van der Waals surface area contributed by atoms with Crippen molar-refractivity contribution in [3.05, 3.63) is 92.9 Å². The largest absolute Gasteiger partial charge is 0.502 e. The molecule has 7 rings (SSSR count). The maximum atomic E-state index is 15.3. The van der Waals surface area contributed by atoms with E-state index < -0.39 is 40.9 Å². The molecule has 4 aliphatic rings. The van der Waals surface area contributed by atoms with Crippen LogP contribution in [0.3, 0.4) is 0 Å². The number of nitrogens with zero attached hydrogens (tertiary/aromatic N) is 3. The fourth-order valence-electron chi connectivity index (χ4n) is 5.65. The summed E-state index contributed by atoms with van der Waals surface area (Å²) in [5.74, 6) is -2.93. The third-order valence-electron chi connectivity index (χ3n) is 7.13. The van der Waals surface area contributed by atoms with Crippen molar-refractivity contribution in [3.63, 3.8) is 0 Å². The number of amides is 1. The molecule has 1 amide bonds. The third kappa shape index (κ3) is 2.60. The maximum absolute atomic E-state index is 15.3. The highest BCUT2D eigenvalue weighted by Crippen LogP contribution is 2.52. The van der Waals surface area contributed by atoms with Gasteiger partial charge in [-0.2, -0.15) is 0 Å². The minimum Gasteiger partial charge on any atom is -0.502 e. The number of rotatable bonds is 1. The van der Waals surface area contributed by atoms with Gasteiger partial charge in [-0.3, -0.25) is 19.3 Å². The lowest BCUT2D eigenvalue weighted by Crippen LogP contribution is -2.66. The van der Waals surface area contributed by atoms with Crippen molar-refractivity contribution >= 4 is 31.4 Å². The van der Waals surface area contributed by atoms with E-state index in [1.165, 1.54) is 16.9 Å². The first kappa shape index (κ1) is 20.6. The second-order valence-corrected chi connectivity index (χ2v) is 10.1. The molecular formula is C25H17F2N3O4Si. The number of halogens is 2. The first-order chi connectivity index (χ1) is 17.0. The van der Waals surface area contributed by atoms with Gasteiger partial charge in [0.25, 0.3) is 5.91 Å². The molecule has 1 N–H and O–H groups in total. The minimum atomic E-state index is -0.921. The molecule has 7 nitrogen and oxygen atoms in total. The van der Waals surface area contributed by atoms with Gasteiger partial charge in [-0.15, -0.1) is 0 Å². The van der Waals surface area contributed by atoms with Crippen LogP contribution in [0.25, 0.3) is 10.8 Å². The number of fused-ring (bicyclic) bond motifs is 6. The summed E-state index contributed by atoms with van der Waals surface area (Å²) < 4.78 is 37.0. The zero-order valence-electron chi connectivity index (χ0n) is 18.2. The summed E-state index contributed by atoms with van der Waals surface area (Å²) in [4.78, 5) is 27.2. The molecule has 3 aromatic rings. The Balaban J connectivity index is 1.53. The van der Waals surface area contributed by atoms with Crippen LogP contribution in [0.15, 0.2) is 53.5 Å². The smallest absolute Gasteiger partial charge is 0.278 e. The number of pyridine rings is 1. The Labute approximate surface area is 200 Å². The number of benzene rings is 2. The fraction of sp³-hybridized carbons (Fsp3) is 0.200. The number of ether oxygens (including phenoxy) is 1. The second kappa shape index (κ2) is 7.12. The summed E-state index contributed by atoms with van der Waals surface area (Å²) in [6.07, 6.45) is 0.863. The molecule has 2 radical (unpaired) electrons. The number of morpholine rings is 1. The highest BCUT2D eigenvalue weighted by atomic mass is 28.2. The Morgan fingerprint density at radius 3 is 2.77 bits per heavy atom. The highest BCUT2D eigenvalue weighted by molar-refractivity contribution is 6.79. The van der Waals surface area contributed by atoms with E-state index in [2.05, 4.69) is 0 Å². The Morgan fingerprint density at radius 1 is 1.09 bits per heavy atom. The minimum absolute atomic E-state index is 0.144. The Hall–Kier alpha value is -3.76. The lowest BCUT2D eigenvalue weighted by molar-refractivity contribution is -0.0190. The van der Waals surface area contributed by atoms with Crippen molar-refractivity contribution in [2.24, 2.45) is 0 Å². The van der Waals surface area contributed by atoms with Crippen LogP contribution in [0.4, 0.5) is 8.78 Å². The average Bonchev–Trinajstić information content (AvgIpc) is 3.39. The zero-order chi connectivity index (χ0) is 24.0. The van der Waals surface area contributed by atoms with Gasteiger partial charge in [0.05, 0.1) is 19.3 Å². The molecule has 174 valence electrons. The number of aromatic hydroxyl groups is 1. The molecular weight excluding hydrogens is 472 g/mol. The quantitative estimate of drug-likeness (QED) is 0.525. The molecule has 1 aliphatic carbocycles. The van der Waals surface area contributed by atoms with E-state index >= 15 is 4.39 Å². The molecule has 3 aliphatic heterocycles. The zero-order valence-corrected chi connectivity index (χ0v) is 19.2. The Kier molecular flexibility index (Phi) is 4.19. The number of aromatic nitrogens is 1. The molecule has 1 aromatic heterocycles. The number of carbonyl (C=O) groups excluding carboxylic acids is 1. The SMILES string of the molecule is O=C1c2c(O)c(=O)ccn2N(C2C3=C([Si]c4ccccc43)c3c2ccc(F)c3F)C2COCCN12. The standard InChI is InChI=1S/C25H17F2N3O4Si/c26-14-6-5-13-18(20(14)27)24-19(12-3-1-2-4-16(12)35-24)21(13)30-17-11-34-10-9-28(17)25(33)22-23(32)15(31)7-8-29(22)30/h1-8,17,21,32H,9-11H2. The Bertz CT molecular complexity index is 1550. The summed E-state index contributed by atoms with van der Waals surface area (Å²) >= 11 is 0. The van der Waals surface area contributed by atoms with Gasteiger partial charge in [0, 0.05) is 24.4 Å². The summed E-state index contributed by atoms with van der Waals surface area (Å²) in [6.45, 7) is 0.761. The lowest BCUT2D eigenvalue weighted by Gasteiger charge is -2.51. The van der Waals surface area contributed by atoms with Crippen LogP contribution < -0.4 is 15.6 Å². The number of carbonyl (C=O) groups is 1. The normalized spacial score (nSPS) is 22.1. The van der Waals surface area contributed by atoms with Crippen molar-refractivity contribution in [2.75, 3.05) is 24.8 Å². The van der Waals surface area contributed by atoms with E-state index in [0.29, 0.717) is 12.2 Å². The van der Waals surface area contributed by atoms with Crippen LogP contribution in [-0.4, -0.2) is 56.0 Å². The summed E-state index contributed by atoms with van der Waals surface area (Å²) in [7, 11) is 0.144. The van der Waals surface area contributed by atoms with E-state index in [4.69, 9.17) is 4.74 Å². The van der Waals surface area contributed by atoms with Crippen LogP contribution in [0.2, 0.25) is 0 Å². The van der Waals surface area contributed by atoms with Gasteiger partial charge < -0.3 is 14.7 Å². The van der Waals surface area contributed by atoms with Crippen molar-refractivity contribution in [3.8, 4) is 5.75 Å². The Morgan fingerprint density at radius 2 is 1.91 bits per heavy atom. The molecule has 2 unspecified atom stereocenters. The first-order valence-electron chi connectivity index (χ1n) is 11.2. The van der Waals surface area contributed by atoms with Crippen LogP contribution >= 0.6 is 0 Å². The molecule has 1 fully saturated rings. The van der Waals surface area contributed by atoms with Gasteiger partial charge in [0.1, 0.15) is 15.7 Å². The fourth-order valence-corrected chi connectivity index (χ4v) is 7.24. The van der Waals surface area contributed by atoms with Crippen molar-refractivity contribution < 1.29 is 23.4 Å². The van der Waals surface area contributed by atoms with Gasteiger partial charge in [-0.25, -0.2) is 8.78 Å². The van der Waals surface area contributed by atoms with E-state index in [1.54, 1.807) is 11.0 Å². The number of hydrogen-bond donors (Lipinski definition) is 1. The maximum Gasteiger partial charge on any atom is 0.278 e. The molecule has 4 heterocycles. The monoisotopic (exact) mass is 489 g/mol. The van der Waals surface area contributed by atoms with Gasteiger partial charge in [0.15, 0.2) is 23.1 Å². The van der Waals surface area contributed by atoms with Gasteiger partial charge in [-0.05, 0) is 28.0 Å². The molecule has 1 saturated heterocycles. The highest BCUT2D eigenvalue weighted by Gasteiger charge is 2.49. The molecule has 10 heteroatoms. The number of hydrogen-bond acceptors (Lipinski definition) is 5. The van der Waals surface area contributed by atoms with E-state index in [1.807, 2.05) is 29.3 Å². The van der Waals surface area contributed by atoms with Crippen molar-refractivity contribution in [1.29, 1.82) is 0 Å². The summed E-state index contributed by atoms with van der Waals surface area (Å²) in [5.41, 5.74) is 1.77. The van der Waals surface area contributed by atoms with Crippen LogP contribution in [-0.2, 0) is 4.74 Å². The summed E-state index contributed by atoms with van der Waals surface area (Å²) in [5, 5.41) is 14.2. The average molecular weight is 490 g/mol. The molecule has 0 saturated carbocycles. The predicted molar refractivity (Wildman–Crippen MR) is 124 cm³/mol. The van der Waals surface area contributed by atoms with Crippen LogP contribution in [0.5, 0.6) is 5.75 Å². The third-order valence-corrected chi connectivity index (χ3v) is 8.61. The molecule has 2 aromatic carbocycles. The molecule has 0 spiro atoms. The van der Waals surface area contributed by atoms with Crippen molar-refractivity contribution in [1.82, 2.24) is 9.58 Å². The van der Waals surface area contributed by atoms with Gasteiger partial charge in [-0.1, -0.05) is 35.5 Å². The van der Waals surface area contributed by atoms with Gasteiger partial charge in [0.2, 0.25) is 5.43 Å². The van der Waals surface area contributed by atoms with E-state index in [0.717, 1.165) is 27.6 Å². The van der Waals surface area contributed by atoms with Crippen LogP contribution in [0.1, 0.15) is 33.2 Å². The second-order valence-electron chi connectivity index (χ2n) is 8.84. The van der Waals surface area contributed by atoms with Gasteiger partial charge >= 0.3 is 0 Å².